The largest absolute Gasteiger partial charge is 0.205 e. The van der Waals surface area contributed by atoms with Crippen molar-refractivity contribution in [3.8, 4) is 0 Å². The van der Waals surface area contributed by atoms with Crippen molar-refractivity contribution in [2.75, 3.05) is 0 Å². The van der Waals surface area contributed by atoms with E-state index in [1.807, 2.05) is 0 Å². The van der Waals surface area contributed by atoms with Crippen LogP contribution in [0.5, 0.6) is 0 Å². The molecule has 0 aromatic heterocycles. The van der Waals surface area contributed by atoms with E-state index in [1.54, 1.807) is 0 Å². The Morgan fingerprint density at radius 2 is 1.50 bits per heavy atom. The summed E-state index contributed by atoms with van der Waals surface area (Å²) in [7, 11) is 0. The average molecular weight is 349 g/mol. The lowest BCUT2D eigenvalue weighted by Gasteiger charge is -2.28. The number of hydrogen-bond donors (Lipinski definition) is 0. The van der Waals surface area contributed by atoms with Crippen LogP contribution in [0.1, 0.15) is 61.6 Å². The van der Waals surface area contributed by atoms with Gasteiger partial charge in [0.1, 0.15) is 16.7 Å². The first-order chi connectivity index (χ1) is 11.6. The van der Waals surface area contributed by atoms with Gasteiger partial charge in [0.25, 0.3) is 0 Å². The summed E-state index contributed by atoms with van der Waals surface area (Å²) < 4.78 is 27.1. The molecule has 0 atom stereocenters. The summed E-state index contributed by atoms with van der Waals surface area (Å²) in [6.07, 6.45) is 6.99. The maximum atomic E-state index is 13.5. The molecule has 128 valence electrons. The van der Waals surface area contributed by atoms with Crippen molar-refractivity contribution in [3.63, 3.8) is 0 Å². The first-order valence-electron chi connectivity index (χ1n) is 8.79. The molecule has 24 heavy (non-hydrogen) atoms. The third-order valence-electron chi connectivity index (χ3n) is 5.33. The van der Waals surface area contributed by atoms with Gasteiger partial charge in [-0.15, -0.1) is 0 Å². The molecule has 0 saturated heterocycles. The zero-order valence-electron chi connectivity index (χ0n) is 14.0. The van der Waals surface area contributed by atoms with E-state index in [2.05, 4.69) is 31.2 Å². The fourth-order valence-electron chi connectivity index (χ4n) is 3.76. The van der Waals surface area contributed by atoms with Gasteiger partial charge < -0.3 is 0 Å². The Hall–Kier alpha value is -1.41. The molecule has 1 saturated carbocycles. The normalized spacial score (nSPS) is 21.0. The second-order valence-electron chi connectivity index (χ2n) is 6.92. The van der Waals surface area contributed by atoms with E-state index in [-0.39, 0.29) is 0 Å². The monoisotopic (exact) mass is 348 g/mol. The van der Waals surface area contributed by atoms with Gasteiger partial charge in [0.15, 0.2) is 0 Å². The van der Waals surface area contributed by atoms with E-state index >= 15 is 0 Å². The third-order valence-corrected chi connectivity index (χ3v) is 5.69. The van der Waals surface area contributed by atoms with E-state index in [4.69, 9.17) is 11.6 Å². The van der Waals surface area contributed by atoms with Crippen molar-refractivity contribution in [2.45, 2.75) is 51.4 Å². The molecule has 0 heterocycles. The third kappa shape index (κ3) is 3.97. The SMILES string of the molecule is CCC1CCC(c2ccc(Cc3cc(F)c(Cl)c(F)c3)cc2)CC1. The van der Waals surface area contributed by atoms with Crippen molar-refractivity contribution < 1.29 is 8.78 Å². The Kier molecular flexibility index (Phi) is 5.55. The fraction of sp³-hybridized carbons (Fsp3) is 0.429. The predicted molar refractivity (Wildman–Crippen MR) is 95.6 cm³/mol. The van der Waals surface area contributed by atoms with E-state index in [9.17, 15) is 8.78 Å². The maximum Gasteiger partial charge on any atom is 0.145 e. The lowest BCUT2D eigenvalue weighted by Crippen LogP contribution is -2.12. The van der Waals surface area contributed by atoms with Gasteiger partial charge in [-0.25, -0.2) is 8.78 Å². The van der Waals surface area contributed by atoms with Gasteiger partial charge in [-0.1, -0.05) is 49.2 Å². The van der Waals surface area contributed by atoms with E-state index in [0.717, 1.165) is 11.5 Å². The summed E-state index contributed by atoms with van der Waals surface area (Å²) in [6, 6.07) is 11.1. The molecule has 0 radical (unpaired) electrons. The molecule has 3 heteroatoms. The van der Waals surface area contributed by atoms with Crippen molar-refractivity contribution in [1.29, 1.82) is 0 Å². The molecule has 1 aliphatic carbocycles. The van der Waals surface area contributed by atoms with Gasteiger partial charge in [-0.3, -0.25) is 0 Å². The smallest absolute Gasteiger partial charge is 0.145 e. The zero-order chi connectivity index (χ0) is 17.1. The summed E-state index contributed by atoms with van der Waals surface area (Å²) in [6.45, 7) is 2.28. The van der Waals surface area contributed by atoms with Crippen LogP contribution in [-0.2, 0) is 6.42 Å². The van der Waals surface area contributed by atoms with Gasteiger partial charge in [0.2, 0.25) is 0 Å². The summed E-state index contributed by atoms with van der Waals surface area (Å²) in [5, 5.41) is -0.434. The van der Waals surface area contributed by atoms with Crippen LogP contribution in [0, 0.1) is 17.6 Å². The van der Waals surface area contributed by atoms with Crippen molar-refractivity contribution in [3.05, 3.63) is 69.7 Å². The van der Waals surface area contributed by atoms with E-state index < -0.39 is 16.7 Å². The second kappa shape index (κ2) is 7.65. The molecule has 0 spiro atoms. The van der Waals surface area contributed by atoms with Crippen LogP contribution in [0.25, 0.3) is 0 Å². The Labute approximate surface area is 147 Å². The summed E-state index contributed by atoms with van der Waals surface area (Å²) in [5.41, 5.74) is 3.05. The highest BCUT2D eigenvalue weighted by molar-refractivity contribution is 6.30. The molecule has 0 amide bonds. The first kappa shape index (κ1) is 17.4. The van der Waals surface area contributed by atoms with Gasteiger partial charge in [-0.2, -0.15) is 0 Å². The minimum absolute atomic E-state index is 0.434. The molecule has 0 unspecified atom stereocenters. The molecule has 2 aromatic carbocycles. The molecule has 3 rings (SSSR count). The minimum atomic E-state index is -0.698. The Morgan fingerprint density at radius 3 is 2.04 bits per heavy atom. The van der Waals surface area contributed by atoms with Crippen LogP contribution < -0.4 is 0 Å². The van der Waals surface area contributed by atoms with Crippen molar-refractivity contribution in [1.82, 2.24) is 0 Å². The maximum absolute atomic E-state index is 13.5. The van der Waals surface area contributed by atoms with Crippen molar-refractivity contribution in [2.24, 2.45) is 5.92 Å². The van der Waals surface area contributed by atoms with Crippen LogP contribution >= 0.6 is 11.6 Å². The molecular formula is C21H23ClF2. The van der Waals surface area contributed by atoms with Crippen LogP contribution in [0.15, 0.2) is 36.4 Å². The topological polar surface area (TPSA) is 0 Å². The predicted octanol–water partition coefficient (Wildman–Crippen LogP) is 6.89. The van der Waals surface area contributed by atoms with Crippen LogP contribution in [-0.4, -0.2) is 0 Å². The Bertz CT molecular complexity index is 662. The van der Waals surface area contributed by atoms with Gasteiger partial charge in [0.05, 0.1) is 0 Å². The molecule has 0 bridgehead atoms. The number of hydrogen-bond acceptors (Lipinski definition) is 0. The van der Waals surface area contributed by atoms with Crippen molar-refractivity contribution >= 4 is 11.6 Å². The molecule has 0 nitrogen and oxygen atoms in total. The lowest BCUT2D eigenvalue weighted by molar-refractivity contribution is 0.319. The standard InChI is InChI=1S/C21H23ClF2/c1-2-14-3-7-17(8-4-14)18-9-5-15(6-10-18)11-16-12-19(23)21(22)20(24)13-16/h5-6,9-10,12-14,17H,2-4,7-8,11H2,1H3. The average Bonchev–Trinajstić information content (AvgIpc) is 2.60. The van der Waals surface area contributed by atoms with Gasteiger partial charge >= 0.3 is 0 Å². The molecular weight excluding hydrogens is 326 g/mol. The molecule has 1 fully saturated rings. The van der Waals surface area contributed by atoms with E-state index in [1.165, 1.54) is 49.8 Å². The summed E-state index contributed by atoms with van der Waals surface area (Å²) >= 11 is 5.53. The number of benzene rings is 2. The molecule has 0 aliphatic heterocycles. The highest BCUT2D eigenvalue weighted by Crippen LogP contribution is 2.37. The Morgan fingerprint density at radius 1 is 0.917 bits per heavy atom. The first-order valence-corrected chi connectivity index (χ1v) is 9.17. The summed E-state index contributed by atoms with van der Waals surface area (Å²) in [5.74, 6) is 0.162. The number of halogens is 3. The second-order valence-corrected chi connectivity index (χ2v) is 7.30. The van der Waals surface area contributed by atoms with Crippen LogP contribution in [0.3, 0.4) is 0 Å². The fourth-order valence-corrected chi connectivity index (χ4v) is 3.87. The van der Waals surface area contributed by atoms with Gasteiger partial charge in [-0.05, 0) is 72.8 Å². The van der Waals surface area contributed by atoms with Crippen LogP contribution in [0.2, 0.25) is 5.02 Å². The summed E-state index contributed by atoms with van der Waals surface area (Å²) in [4.78, 5) is 0. The Balaban J connectivity index is 1.67. The quantitative estimate of drug-likeness (QED) is 0.527. The lowest BCUT2D eigenvalue weighted by atomic mass is 9.78. The van der Waals surface area contributed by atoms with E-state index in [0.29, 0.717) is 17.9 Å². The molecule has 2 aromatic rings. The number of rotatable bonds is 4. The molecule has 0 N–H and O–H groups in total. The highest BCUT2D eigenvalue weighted by Gasteiger charge is 2.21. The minimum Gasteiger partial charge on any atom is -0.205 e. The van der Waals surface area contributed by atoms with Gasteiger partial charge in [0, 0.05) is 0 Å². The molecule has 1 aliphatic rings. The zero-order valence-corrected chi connectivity index (χ0v) is 14.8. The highest BCUT2D eigenvalue weighted by atomic mass is 35.5. The van der Waals surface area contributed by atoms with Crippen LogP contribution in [0.4, 0.5) is 8.78 Å².